The molecule has 1 aliphatic heterocycles. The SMILES string of the molecule is CCCc1nccn1C(C)C(=O)N1CCCCC1. The topological polar surface area (TPSA) is 38.1 Å². The van der Waals surface area contributed by atoms with Gasteiger partial charge < -0.3 is 9.47 Å². The highest BCUT2D eigenvalue weighted by Gasteiger charge is 2.24. The predicted molar refractivity (Wildman–Crippen MR) is 71.4 cm³/mol. The maximum atomic E-state index is 12.4. The van der Waals surface area contributed by atoms with Crippen LogP contribution in [0.5, 0.6) is 0 Å². The summed E-state index contributed by atoms with van der Waals surface area (Å²) in [5.74, 6) is 1.26. The molecule has 1 aromatic heterocycles. The van der Waals surface area contributed by atoms with Crippen molar-refractivity contribution in [2.75, 3.05) is 13.1 Å². The lowest BCUT2D eigenvalue weighted by Gasteiger charge is -2.30. The first-order valence-corrected chi connectivity index (χ1v) is 7.04. The molecule has 4 nitrogen and oxygen atoms in total. The van der Waals surface area contributed by atoms with Crippen LogP contribution in [0.3, 0.4) is 0 Å². The second-order valence-corrected chi connectivity index (χ2v) is 5.06. The second kappa shape index (κ2) is 6.03. The van der Waals surface area contributed by atoms with Gasteiger partial charge in [0.2, 0.25) is 5.91 Å². The van der Waals surface area contributed by atoms with Crippen LogP contribution in [-0.2, 0) is 11.2 Å². The summed E-state index contributed by atoms with van der Waals surface area (Å²) in [5.41, 5.74) is 0. The molecule has 4 heteroatoms. The fourth-order valence-electron chi connectivity index (χ4n) is 2.61. The van der Waals surface area contributed by atoms with Gasteiger partial charge in [0.1, 0.15) is 11.9 Å². The molecule has 0 spiro atoms. The van der Waals surface area contributed by atoms with Crippen molar-refractivity contribution in [3.63, 3.8) is 0 Å². The lowest BCUT2D eigenvalue weighted by atomic mass is 10.1. The Morgan fingerprint density at radius 3 is 2.78 bits per heavy atom. The molecule has 18 heavy (non-hydrogen) atoms. The largest absolute Gasteiger partial charge is 0.341 e. The van der Waals surface area contributed by atoms with Crippen molar-refractivity contribution in [1.29, 1.82) is 0 Å². The van der Waals surface area contributed by atoms with Gasteiger partial charge in [-0.15, -0.1) is 0 Å². The zero-order valence-electron chi connectivity index (χ0n) is 11.4. The van der Waals surface area contributed by atoms with E-state index in [1.807, 2.05) is 22.6 Å². The van der Waals surface area contributed by atoms with Gasteiger partial charge in [-0.3, -0.25) is 4.79 Å². The van der Waals surface area contributed by atoms with Gasteiger partial charge in [0.05, 0.1) is 0 Å². The second-order valence-electron chi connectivity index (χ2n) is 5.06. The van der Waals surface area contributed by atoms with E-state index in [0.717, 1.165) is 44.6 Å². The molecule has 2 rings (SSSR count). The highest BCUT2D eigenvalue weighted by molar-refractivity contribution is 5.80. The van der Waals surface area contributed by atoms with Gasteiger partial charge in [-0.2, -0.15) is 0 Å². The standard InChI is InChI=1S/C14H23N3O/c1-3-7-13-15-8-11-17(13)12(2)14(18)16-9-5-4-6-10-16/h8,11-12H,3-7,9-10H2,1-2H3. The number of hydrogen-bond donors (Lipinski definition) is 0. The number of carbonyl (C=O) groups is 1. The molecule has 0 aromatic carbocycles. The van der Waals surface area contributed by atoms with E-state index in [9.17, 15) is 4.79 Å². The van der Waals surface area contributed by atoms with Crippen LogP contribution in [0.2, 0.25) is 0 Å². The molecule has 1 saturated heterocycles. The summed E-state index contributed by atoms with van der Waals surface area (Å²) < 4.78 is 2.03. The van der Waals surface area contributed by atoms with Gasteiger partial charge in [0, 0.05) is 31.9 Å². The number of nitrogens with zero attached hydrogens (tertiary/aromatic N) is 3. The molecule has 100 valence electrons. The van der Waals surface area contributed by atoms with Crippen molar-refractivity contribution >= 4 is 5.91 Å². The number of aromatic nitrogens is 2. The Morgan fingerprint density at radius 1 is 1.39 bits per heavy atom. The average molecular weight is 249 g/mol. The first kappa shape index (κ1) is 13.1. The van der Waals surface area contributed by atoms with Gasteiger partial charge in [0.15, 0.2) is 0 Å². The molecule has 1 aliphatic rings. The van der Waals surface area contributed by atoms with E-state index in [4.69, 9.17) is 0 Å². The first-order valence-electron chi connectivity index (χ1n) is 7.04. The molecule has 1 atom stereocenters. The Morgan fingerprint density at radius 2 is 2.11 bits per heavy atom. The molecular weight excluding hydrogens is 226 g/mol. The van der Waals surface area contributed by atoms with E-state index in [0.29, 0.717) is 0 Å². The predicted octanol–water partition coefficient (Wildman–Crippen LogP) is 2.41. The Labute approximate surface area is 109 Å². The Kier molecular flexibility index (Phi) is 4.39. The molecule has 0 radical (unpaired) electrons. The van der Waals surface area contributed by atoms with Crippen LogP contribution in [-0.4, -0.2) is 33.4 Å². The van der Waals surface area contributed by atoms with E-state index >= 15 is 0 Å². The number of carbonyl (C=O) groups excluding carboxylic acids is 1. The summed E-state index contributed by atoms with van der Waals surface area (Å²) in [6.45, 7) is 5.95. The summed E-state index contributed by atoms with van der Waals surface area (Å²) in [6, 6.07) is -0.118. The van der Waals surface area contributed by atoms with Crippen molar-refractivity contribution in [3.8, 4) is 0 Å². The van der Waals surface area contributed by atoms with E-state index in [2.05, 4.69) is 11.9 Å². The number of amides is 1. The number of imidazole rings is 1. The van der Waals surface area contributed by atoms with Crippen LogP contribution in [0.1, 0.15) is 51.4 Å². The smallest absolute Gasteiger partial charge is 0.245 e. The Balaban J connectivity index is 2.07. The summed E-state index contributed by atoms with van der Waals surface area (Å²) >= 11 is 0. The molecular formula is C14H23N3O. The molecule has 0 aliphatic carbocycles. The third-order valence-corrected chi connectivity index (χ3v) is 3.66. The van der Waals surface area contributed by atoms with Gasteiger partial charge >= 0.3 is 0 Å². The van der Waals surface area contributed by atoms with Crippen molar-refractivity contribution in [3.05, 3.63) is 18.2 Å². The van der Waals surface area contributed by atoms with Crippen molar-refractivity contribution in [1.82, 2.24) is 14.5 Å². The van der Waals surface area contributed by atoms with Crippen LogP contribution in [0, 0.1) is 0 Å². The minimum absolute atomic E-state index is 0.118. The molecule has 1 amide bonds. The van der Waals surface area contributed by atoms with Crippen LogP contribution in [0.4, 0.5) is 0 Å². The number of aryl methyl sites for hydroxylation is 1. The zero-order valence-corrected chi connectivity index (χ0v) is 11.4. The molecule has 1 unspecified atom stereocenters. The summed E-state index contributed by atoms with van der Waals surface area (Å²) in [5, 5.41) is 0. The fraction of sp³-hybridized carbons (Fsp3) is 0.714. The Hall–Kier alpha value is -1.32. The number of piperidine rings is 1. The lowest BCUT2D eigenvalue weighted by Crippen LogP contribution is -2.39. The van der Waals surface area contributed by atoms with Gasteiger partial charge in [-0.1, -0.05) is 6.92 Å². The van der Waals surface area contributed by atoms with E-state index in [1.165, 1.54) is 6.42 Å². The number of hydrogen-bond acceptors (Lipinski definition) is 2. The fourth-order valence-corrected chi connectivity index (χ4v) is 2.61. The van der Waals surface area contributed by atoms with Crippen LogP contribution >= 0.6 is 0 Å². The van der Waals surface area contributed by atoms with Crippen molar-refractivity contribution < 1.29 is 4.79 Å². The molecule has 0 N–H and O–H groups in total. The van der Waals surface area contributed by atoms with Crippen LogP contribution in [0.15, 0.2) is 12.4 Å². The number of rotatable bonds is 4. The minimum Gasteiger partial charge on any atom is -0.341 e. The number of likely N-dealkylation sites (tertiary alicyclic amines) is 1. The Bertz CT molecular complexity index is 393. The molecule has 0 bridgehead atoms. The summed E-state index contributed by atoms with van der Waals surface area (Å²) in [7, 11) is 0. The van der Waals surface area contributed by atoms with E-state index in [1.54, 1.807) is 6.20 Å². The monoisotopic (exact) mass is 249 g/mol. The van der Waals surface area contributed by atoms with Crippen molar-refractivity contribution in [2.45, 2.75) is 52.0 Å². The average Bonchev–Trinajstić information content (AvgIpc) is 2.87. The molecule has 0 saturated carbocycles. The van der Waals surface area contributed by atoms with Crippen molar-refractivity contribution in [2.24, 2.45) is 0 Å². The highest BCUT2D eigenvalue weighted by atomic mass is 16.2. The van der Waals surface area contributed by atoms with Crippen LogP contribution < -0.4 is 0 Å². The van der Waals surface area contributed by atoms with E-state index in [-0.39, 0.29) is 11.9 Å². The third kappa shape index (κ3) is 2.74. The van der Waals surface area contributed by atoms with E-state index < -0.39 is 0 Å². The summed E-state index contributed by atoms with van der Waals surface area (Å²) in [6.07, 6.45) is 9.26. The maximum Gasteiger partial charge on any atom is 0.245 e. The third-order valence-electron chi connectivity index (χ3n) is 3.66. The van der Waals surface area contributed by atoms with Gasteiger partial charge in [-0.25, -0.2) is 4.98 Å². The van der Waals surface area contributed by atoms with Gasteiger partial charge in [0.25, 0.3) is 0 Å². The molecule has 1 fully saturated rings. The highest BCUT2D eigenvalue weighted by Crippen LogP contribution is 2.17. The van der Waals surface area contributed by atoms with Crippen LogP contribution in [0.25, 0.3) is 0 Å². The lowest BCUT2D eigenvalue weighted by molar-refractivity contribution is -0.135. The minimum atomic E-state index is -0.118. The molecule has 1 aromatic rings. The first-order chi connectivity index (χ1) is 8.74. The summed E-state index contributed by atoms with van der Waals surface area (Å²) in [4.78, 5) is 18.8. The quantitative estimate of drug-likeness (QED) is 0.822. The zero-order chi connectivity index (χ0) is 13.0. The molecule has 2 heterocycles. The normalized spacial score (nSPS) is 17.8. The maximum absolute atomic E-state index is 12.4. The van der Waals surface area contributed by atoms with Gasteiger partial charge in [-0.05, 0) is 32.6 Å².